The van der Waals surface area contributed by atoms with Crippen LogP contribution in [0.5, 0.6) is 0 Å². The standard InChI is InChI=1S/C9H18N2O.C3H8/c1-4-11-6-5-9(7-11)10(3)8(2)12;1-3-2/h9H,4-7H2,1-3H3;3H2,1-2H3. The fourth-order valence-electron chi connectivity index (χ4n) is 1.67. The zero-order valence-corrected chi connectivity index (χ0v) is 10.9. The molecule has 1 unspecified atom stereocenters. The van der Waals surface area contributed by atoms with Gasteiger partial charge >= 0.3 is 0 Å². The minimum Gasteiger partial charge on any atom is -0.342 e. The molecule has 1 rings (SSSR count). The van der Waals surface area contributed by atoms with Crippen molar-refractivity contribution in [3.05, 3.63) is 0 Å². The number of hydrogen-bond donors (Lipinski definition) is 0. The Kier molecular flexibility index (Phi) is 7.39. The predicted octanol–water partition coefficient (Wildman–Crippen LogP) is 1.98. The van der Waals surface area contributed by atoms with Crippen LogP contribution < -0.4 is 0 Å². The molecule has 0 N–H and O–H groups in total. The summed E-state index contributed by atoms with van der Waals surface area (Å²) in [6.07, 6.45) is 2.38. The van der Waals surface area contributed by atoms with Crippen molar-refractivity contribution in [1.29, 1.82) is 0 Å². The summed E-state index contributed by atoms with van der Waals surface area (Å²) in [6.45, 7) is 11.3. The van der Waals surface area contributed by atoms with E-state index in [1.54, 1.807) is 6.92 Å². The Hall–Kier alpha value is -0.570. The van der Waals surface area contributed by atoms with Crippen LogP contribution in [-0.2, 0) is 4.79 Å². The largest absolute Gasteiger partial charge is 0.342 e. The molecule has 0 aliphatic carbocycles. The Balaban J connectivity index is 0.000000583. The molecule has 0 spiro atoms. The van der Waals surface area contributed by atoms with E-state index in [9.17, 15) is 4.79 Å². The molecule has 1 saturated heterocycles. The number of nitrogens with zero attached hydrogens (tertiary/aromatic N) is 2. The topological polar surface area (TPSA) is 23.6 Å². The van der Waals surface area contributed by atoms with Crippen molar-refractivity contribution in [3.8, 4) is 0 Å². The molecule has 3 heteroatoms. The van der Waals surface area contributed by atoms with Gasteiger partial charge in [-0.25, -0.2) is 0 Å². The van der Waals surface area contributed by atoms with Gasteiger partial charge in [0, 0.05) is 33.1 Å². The van der Waals surface area contributed by atoms with E-state index >= 15 is 0 Å². The van der Waals surface area contributed by atoms with Crippen molar-refractivity contribution >= 4 is 5.91 Å². The van der Waals surface area contributed by atoms with Crippen LogP contribution in [0.25, 0.3) is 0 Å². The van der Waals surface area contributed by atoms with Crippen molar-refractivity contribution in [2.75, 3.05) is 26.7 Å². The number of hydrogen-bond acceptors (Lipinski definition) is 2. The first-order chi connectivity index (χ1) is 7.06. The van der Waals surface area contributed by atoms with E-state index in [1.165, 1.54) is 6.42 Å². The number of carbonyl (C=O) groups excluding carboxylic acids is 1. The summed E-state index contributed by atoms with van der Waals surface area (Å²) in [7, 11) is 1.90. The molecule has 0 bridgehead atoms. The molecule has 0 aromatic heterocycles. The Morgan fingerprint density at radius 2 is 1.93 bits per heavy atom. The van der Waals surface area contributed by atoms with Crippen molar-refractivity contribution < 1.29 is 4.79 Å². The maximum absolute atomic E-state index is 11.0. The first-order valence-electron chi connectivity index (χ1n) is 6.02. The maximum Gasteiger partial charge on any atom is 0.219 e. The molecule has 15 heavy (non-hydrogen) atoms. The second-order valence-electron chi connectivity index (χ2n) is 4.17. The summed E-state index contributed by atoms with van der Waals surface area (Å²) in [5, 5.41) is 0. The minimum absolute atomic E-state index is 0.179. The highest BCUT2D eigenvalue weighted by atomic mass is 16.2. The molecule has 3 nitrogen and oxygen atoms in total. The van der Waals surface area contributed by atoms with Gasteiger partial charge in [-0.3, -0.25) is 4.79 Å². The SMILES string of the molecule is CCC.CCN1CCC(N(C)C(C)=O)C1. The van der Waals surface area contributed by atoms with Crippen LogP contribution in [0.2, 0.25) is 0 Å². The normalized spacial score (nSPS) is 20.7. The lowest BCUT2D eigenvalue weighted by molar-refractivity contribution is -0.129. The zero-order valence-electron chi connectivity index (χ0n) is 10.9. The molecule has 0 aromatic rings. The highest BCUT2D eigenvalue weighted by molar-refractivity contribution is 5.73. The Morgan fingerprint density at radius 1 is 1.40 bits per heavy atom. The van der Waals surface area contributed by atoms with Crippen LogP contribution in [0.4, 0.5) is 0 Å². The van der Waals surface area contributed by atoms with E-state index < -0.39 is 0 Å². The van der Waals surface area contributed by atoms with Crippen LogP contribution in [-0.4, -0.2) is 48.4 Å². The van der Waals surface area contributed by atoms with Gasteiger partial charge < -0.3 is 9.80 Å². The monoisotopic (exact) mass is 214 g/mol. The molecule has 1 aliphatic rings. The van der Waals surface area contributed by atoms with E-state index in [0.29, 0.717) is 6.04 Å². The van der Waals surface area contributed by atoms with Gasteiger partial charge in [0.15, 0.2) is 0 Å². The maximum atomic E-state index is 11.0. The van der Waals surface area contributed by atoms with Gasteiger partial charge in [0.25, 0.3) is 0 Å². The van der Waals surface area contributed by atoms with E-state index in [1.807, 2.05) is 11.9 Å². The number of carbonyl (C=O) groups is 1. The van der Waals surface area contributed by atoms with Gasteiger partial charge in [0.2, 0.25) is 5.91 Å². The highest BCUT2D eigenvalue weighted by Crippen LogP contribution is 2.13. The molecular formula is C12H26N2O. The smallest absolute Gasteiger partial charge is 0.219 e. The predicted molar refractivity (Wildman–Crippen MR) is 64.9 cm³/mol. The van der Waals surface area contributed by atoms with Gasteiger partial charge in [0.05, 0.1) is 0 Å². The molecule has 1 fully saturated rings. The average molecular weight is 214 g/mol. The number of amides is 1. The van der Waals surface area contributed by atoms with Gasteiger partial charge in [0.1, 0.15) is 0 Å². The molecular weight excluding hydrogens is 188 g/mol. The summed E-state index contributed by atoms with van der Waals surface area (Å²) in [5.41, 5.74) is 0. The summed E-state index contributed by atoms with van der Waals surface area (Å²) in [4.78, 5) is 15.3. The van der Waals surface area contributed by atoms with Gasteiger partial charge in [-0.1, -0.05) is 27.2 Å². The molecule has 0 radical (unpaired) electrons. The van der Waals surface area contributed by atoms with E-state index in [2.05, 4.69) is 25.7 Å². The van der Waals surface area contributed by atoms with Gasteiger partial charge in [-0.15, -0.1) is 0 Å². The summed E-state index contributed by atoms with van der Waals surface area (Å²) in [6, 6.07) is 0.447. The first kappa shape index (κ1) is 14.4. The zero-order chi connectivity index (χ0) is 11.8. The number of likely N-dealkylation sites (tertiary alicyclic amines) is 1. The average Bonchev–Trinajstić information content (AvgIpc) is 2.65. The molecule has 1 amide bonds. The second-order valence-corrected chi connectivity index (χ2v) is 4.17. The fraction of sp³-hybridized carbons (Fsp3) is 0.917. The molecule has 1 heterocycles. The lowest BCUT2D eigenvalue weighted by atomic mass is 10.2. The minimum atomic E-state index is 0.179. The Bertz CT molecular complexity index is 182. The number of likely N-dealkylation sites (N-methyl/N-ethyl adjacent to an activating group) is 2. The van der Waals surface area contributed by atoms with Crippen molar-refractivity contribution in [2.45, 2.75) is 46.6 Å². The lowest BCUT2D eigenvalue weighted by Crippen LogP contribution is -2.37. The van der Waals surface area contributed by atoms with Crippen LogP contribution in [0.1, 0.15) is 40.5 Å². The Labute approximate surface area is 94.4 Å². The lowest BCUT2D eigenvalue weighted by Gasteiger charge is -2.23. The fourth-order valence-corrected chi connectivity index (χ4v) is 1.67. The molecule has 90 valence electrons. The van der Waals surface area contributed by atoms with Gasteiger partial charge in [-0.05, 0) is 13.0 Å². The highest BCUT2D eigenvalue weighted by Gasteiger charge is 2.25. The molecule has 1 atom stereocenters. The van der Waals surface area contributed by atoms with E-state index in [4.69, 9.17) is 0 Å². The second kappa shape index (κ2) is 7.69. The number of rotatable bonds is 2. The third-order valence-electron chi connectivity index (χ3n) is 2.74. The van der Waals surface area contributed by atoms with E-state index in [0.717, 1.165) is 26.1 Å². The van der Waals surface area contributed by atoms with E-state index in [-0.39, 0.29) is 5.91 Å². The third kappa shape index (κ3) is 5.17. The van der Waals surface area contributed by atoms with Crippen LogP contribution >= 0.6 is 0 Å². The molecule has 0 saturated carbocycles. The summed E-state index contributed by atoms with van der Waals surface area (Å²) >= 11 is 0. The molecule has 0 aromatic carbocycles. The summed E-state index contributed by atoms with van der Waals surface area (Å²) in [5.74, 6) is 0.179. The summed E-state index contributed by atoms with van der Waals surface area (Å²) < 4.78 is 0. The Morgan fingerprint density at radius 3 is 2.27 bits per heavy atom. The van der Waals surface area contributed by atoms with Crippen LogP contribution in [0.15, 0.2) is 0 Å². The quantitative estimate of drug-likeness (QED) is 0.701. The van der Waals surface area contributed by atoms with Crippen LogP contribution in [0.3, 0.4) is 0 Å². The van der Waals surface area contributed by atoms with Crippen molar-refractivity contribution in [1.82, 2.24) is 9.80 Å². The van der Waals surface area contributed by atoms with Crippen molar-refractivity contribution in [2.24, 2.45) is 0 Å². The molecule has 1 aliphatic heterocycles. The van der Waals surface area contributed by atoms with Crippen LogP contribution in [0, 0.1) is 0 Å². The van der Waals surface area contributed by atoms with Gasteiger partial charge in [-0.2, -0.15) is 0 Å². The van der Waals surface area contributed by atoms with Crippen molar-refractivity contribution in [3.63, 3.8) is 0 Å². The first-order valence-corrected chi connectivity index (χ1v) is 6.02. The third-order valence-corrected chi connectivity index (χ3v) is 2.74.